The molecule has 2 rings (SSSR count). The number of carbonyl (C=O) groups is 1. The molecule has 1 aromatic heterocycles. The highest BCUT2D eigenvalue weighted by Crippen LogP contribution is 2.23. The summed E-state index contributed by atoms with van der Waals surface area (Å²) in [6.07, 6.45) is 4.07. The second-order valence-electron chi connectivity index (χ2n) is 5.10. The molecule has 1 aromatic carbocycles. The molecule has 0 unspecified atom stereocenters. The lowest BCUT2D eigenvalue weighted by molar-refractivity contribution is 0.0948. The van der Waals surface area contributed by atoms with Crippen LogP contribution in [0.4, 0.5) is 11.5 Å². The fourth-order valence-electron chi connectivity index (χ4n) is 2.18. The van der Waals surface area contributed by atoms with E-state index in [-0.39, 0.29) is 5.91 Å². The Morgan fingerprint density at radius 2 is 2.05 bits per heavy atom. The van der Waals surface area contributed by atoms with Crippen LogP contribution >= 0.6 is 0 Å². The van der Waals surface area contributed by atoms with E-state index in [1.54, 1.807) is 6.20 Å². The van der Waals surface area contributed by atoms with Crippen molar-refractivity contribution in [3.05, 3.63) is 47.9 Å². The fourth-order valence-corrected chi connectivity index (χ4v) is 2.18. The number of aryl methyl sites for hydroxylation is 1. The van der Waals surface area contributed by atoms with Gasteiger partial charge in [-0.1, -0.05) is 19.1 Å². The first-order chi connectivity index (χ1) is 10.7. The topological polar surface area (TPSA) is 58.1 Å². The van der Waals surface area contributed by atoms with Gasteiger partial charge in [-0.15, -0.1) is 0 Å². The fraction of sp³-hybridized carbons (Fsp3) is 0.353. The predicted octanol–water partition coefficient (Wildman–Crippen LogP) is 3.08. The monoisotopic (exact) mass is 298 g/mol. The average Bonchev–Trinajstić information content (AvgIpc) is 2.54. The maximum atomic E-state index is 11.8. The molecule has 5 nitrogen and oxygen atoms in total. The average molecular weight is 298 g/mol. The molecule has 0 fully saturated rings. The SMILES string of the molecule is CCCNC(=O)c1cnc(N(CC)c2cccc(C)c2)cn1. The number of hydrogen-bond acceptors (Lipinski definition) is 4. The molecule has 1 amide bonds. The smallest absolute Gasteiger partial charge is 0.271 e. The highest BCUT2D eigenvalue weighted by Gasteiger charge is 2.12. The van der Waals surface area contributed by atoms with Gasteiger partial charge in [-0.25, -0.2) is 9.97 Å². The maximum Gasteiger partial charge on any atom is 0.271 e. The molecule has 1 N–H and O–H groups in total. The molecule has 22 heavy (non-hydrogen) atoms. The molecule has 0 aliphatic carbocycles. The summed E-state index contributed by atoms with van der Waals surface area (Å²) in [6.45, 7) is 7.55. The molecule has 0 radical (unpaired) electrons. The van der Waals surface area contributed by atoms with Crippen LogP contribution in [0.2, 0.25) is 0 Å². The number of carbonyl (C=O) groups excluding carboxylic acids is 1. The molecule has 0 aliphatic heterocycles. The Labute approximate surface area is 131 Å². The van der Waals surface area contributed by atoms with Crippen molar-refractivity contribution in [1.82, 2.24) is 15.3 Å². The first-order valence-electron chi connectivity index (χ1n) is 7.60. The van der Waals surface area contributed by atoms with Crippen molar-refractivity contribution in [2.24, 2.45) is 0 Å². The summed E-state index contributed by atoms with van der Waals surface area (Å²) in [5.41, 5.74) is 2.61. The van der Waals surface area contributed by atoms with Crippen molar-refractivity contribution in [1.29, 1.82) is 0 Å². The van der Waals surface area contributed by atoms with Crippen LogP contribution in [0.5, 0.6) is 0 Å². The van der Waals surface area contributed by atoms with Gasteiger partial charge in [-0.05, 0) is 38.0 Å². The highest BCUT2D eigenvalue weighted by molar-refractivity contribution is 5.92. The molecule has 0 atom stereocenters. The Hall–Kier alpha value is -2.43. The molecular weight excluding hydrogens is 276 g/mol. The molecular formula is C17H22N4O. The van der Waals surface area contributed by atoms with Gasteiger partial charge in [0.15, 0.2) is 5.82 Å². The van der Waals surface area contributed by atoms with Crippen molar-refractivity contribution in [3.63, 3.8) is 0 Å². The summed E-state index contributed by atoms with van der Waals surface area (Å²) in [7, 11) is 0. The second-order valence-corrected chi connectivity index (χ2v) is 5.10. The minimum Gasteiger partial charge on any atom is -0.351 e. The van der Waals surface area contributed by atoms with Crippen LogP contribution in [0, 0.1) is 6.92 Å². The number of benzene rings is 1. The normalized spacial score (nSPS) is 10.3. The number of amides is 1. The minimum absolute atomic E-state index is 0.181. The van der Waals surface area contributed by atoms with Crippen molar-refractivity contribution < 1.29 is 4.79 Å². The molecule has 5 heteroatoms. The molecule has 0 spiro atoms. The van der Waals surface area contributed by atoms with Gasteiger partial charge in [0.1, 0.15) is 5.69 Å². The molecule has 1 heterocycles. The van der Waals surface area contributed by atoms with E-state index >= 15 is 0 Å². The molecule has 0 bridgehead atoms. The Morgan fingerprint density at radius 3 is 2.64 bits per heavy atom. The zero-order valence-corrected chi connectivity index (χ0v) is 13.3. The Morgan fingerprint density at radius 1 is 1.23 bits per heavy atom. The second kappa shape index (κ2) is 7.54. The van der Waals surface area contributed by atoms with Crippen molar-refractivity contribution in [2.75, 3.05) is 18.0 Å². The van der Waals surface area contributed by atoms with Crippen LogP contribution in [0.15, 0.2) is 36.7 Å². The number of nitrogens with zero attached hydrogens (tertiary/aromatic N) is 3. The zero-order chi connectivity index (χ0) is 15.9. The summed E-state index contributed by atoms with van der Waals surface area (Å²) in [5, 5.41) is 2.80. The number of aromatic nitrogens is 2. The summed E-state index contributed by atoms with van der Waals surface area (Å²) in [5.74, 6) is 0.555. The molecule has 0 saturated heterocycles. The Balaban J connectivity index is 2.19. The van der Waals surface area contributed by atoms with Crippen molar-refractivity contribution in [3.8, 4) is 0 Å². The summed E-state index contributed by atoms with van der Waals surface area (Å²) >= 11 is 0. The van der Waals surface area contributed by atoms with Gasteiger partial charge in [0, 0.05) is 18.8 Å². The largest absolute Gasteiger partial charge is 0.351 e. The van der Waals surface area contributed by atoms with Crippen LogP contribution in [-0.4, -0.2) is 29.0 Å². The third-order valence-electron chi connectivity index (χ3n) is 3.31. The van der Waals surface area contributed by atoms with E-state index in [1.165, 1.54) is 11.8 Å². The maximum absolute atomic E-state index is 11.8. The quantitative estimate of drug-likeness (QED) is 0.890. The van der Waals surface area contributed by atoms with E-state index in [0.29, 0.717) is 12.2 Å². The lowest BCUT2D eigenvalue weighted by Crippen LogP contribution is -2.25. The Kier molecular flexibility index (Phi) is 5.47. The van der Waals surface area contributed by atoms with Crippen LogP contribution in [-0.2, 0) is 0 Å². The molecule has 2 aromatic rings. The summed E-state index contributed by atoms with van der Waals surface area (Å²) in [6, 6.07) is 8.23. The number of rotatable bonds is 6. The number of nitrogens with one attached hydrogen (secondary N) is 1. The molecule has 0 saturated carbocycles. The third kappa shape index (κ3) is 3.81. The van der Waals surface area contributed by atoms with Gasteiger partial charge in [-0.3, -0.25) is 4.79 Å². The number of anilines is 2. The standard InChI is InChI=1S/C17H22N4O/c1-4-9-18-17(22)15-11-20-16(12-19-15)21(5-2)14-8-6-7-13(3)10-14/h6-8,10-12H,4-5,9H2,1-3H3,(H,18,22). The predicted molar refractivity (Wildman–Crippen MR) is 88.5 cm³/mol. The van der Waals surface area contributed by atoms with Crippen LogP contribution < -0.4 is 10.2 Å². The van der Waals surface area contributed by atoms with Gasteiger partial charge >= 0.3 is 0 Å². The lowest BCUT2D eigenvalue weighted by atomic mass is 10.2. The van der Waals surface area contributed by atoms with Gasteiger partial charge in [-0.2, -0.15) is 0 Å². The first-order valence-corrected chi connectivity index (χ1v) is 7.60. The molecule has 116 valence electrons. The van der Waals surface area contributed by atoms with E-state index in [1.807, 2.05) is 19.1 Å². The van der Waals surface area contributed by atoms with E-state index in [9.17, 15) is 4.79 Å². The zero-order valence-electron chi connectivity index (χ0n) is 13.3. The summed E-state index contributed by atoms with van der Waals surface area (Å²) in [4.78, 5) is 22.5. The van der Waals surface area contributed by atoms with E-state index in [0.717, 1.165) is 24.5 Å². The van der Waals surface area contributed by atoms with Crippen molar-refractivity contribution in [2.45, 2.75) is 27.2 Å². The molecule has 0 aliphatic rings. The van der Waals surface area contributed by atoms with E-state index in [2.05, 4.69) is 46.2 Å². The minimum atomic E-state index is -0.181. The summed E-state index contributed by atoms with van der Waals surface area (Å²) < 4.78 is 0. The first kappa shape index (κ1) is 15.9. The Bertz CT molecular complexity index is 625. The lowest BCUT2D eigenvalue weighted by Gasteiger charge is -2.22. The van der Waals surface area contributed by atoms with Gasteiger partial charge in [0.25, 0.3) is 5.91 Å². The van der Waals surface area contributed by atoms with Gasteiger partial charge < -0.3 is 10.2 Å². The highest BCUT2D eigenvalue weighted by atomic mass is 16.1. The van der Waals surface area contributed by atoms with Crippen LogP contribution in [0.1, 0.15) is 36.3 Å². The van der Waals surface area contributed by atoms with E-state index in [4.69, 9.17) is 0 Å². The van der Waals surface area contributed by atoms with Crippen molar-refractivity contribution >= 4 is 17.4 Å². The van der Waals surface area contributed by atoms with Gasteiger partial charge in [0.2, 0.25) is 0 Å². The van der Waals surface area contributed by atoms with Crippen LogP contribution in [0.3, 0.4) is 0 Å². The van der Waals surface area contributed by atoms with Gasteiger partial charge in [0.05, 0.1) is 12.4 Å². The van der Waals surface area contributed by atoms with Crippen LogP contribution in [0.25, 0.3) is 0 Å². The third-order valence-corrected chi connectivity index (χ3v) is 3.31. The number of hydrogen-bond donors (Lipinski definition) is 1. The van der Waals surface area contributed by atoms with E-state index < -0.39 is 0 Å².